The molecule has 1 heterocycles. The second-order valence-corrected chi connectivity index (χ2v) is 16.3. The lowest BCUT2D eigenvalue weighted by Crippen LogP contribution is -2.60. The smallest absolute Gasteiger partial charge is 0.408 e. The summed E-state index contributed by atoms with van der Waals surface area (Å²) in [5.74, 6) is -3.38. The highest BCUT2D eigenvalue weighted by atomic mass is 32.1. The average molecular weight is 942 g/mol. The van der Waals surface area contributed by atoms with Gasteiger partial charge in [0.05, 0.1) is 13.2 Å². The Labute approximate surface area is 399 Å². The monoisotopic (exact) mass is 941 g/mol. The zero-order chi connectivity index (χ0) is 48.3. The fourth-order valence-electron chi connectivity index (χ4n) is 6.99. The number of aromatic nitrogens is 1. The van der Waals surface area contributed by atoms with E-state index in [-0.39, 0.29) is 38.4 Å². The van der Waals surface area contributed by atoms with Gasteiger partial charge in [-0.05, 0) is 52.9 Å². The van der Waals surface area contributed by atoms with E-state index in [0.29, 0.717) is 23.5 Å². The number of benzene rings is 5. The number of H-pyrrole nitrogens is 1. The van der Waals surface area contributed by atoms with Crippen molar-refractivity contribution in [1.29, 1.82) is 0 Å². The van der Waals surface area contributed by atoms with Gasteiger partial charge in [0, 0.05) is 35.7 Å². The van der Waals surface area contributed by atoms with E-state index in [1.165, 1.54) is 6.92 Å². The van der Waals surface area contributed by atoms with Crippen molar-refractivity contribution in [2.45, 2.75) is 69.8 Å². The molecule has 0 aliphatic carbocycles. The molecule has 0 radical (unpaired) electrons. The molecule has 6 aromatic rings. The van der Waals surface area contributed by atoms with Crippen LogP contribution in [0.2, 0.25) is 0 Å². The number of nitrogens with one attached hydrogen (secondary N) is 6. The first-order valence-electron chi connectivity index (χ1n) is 22.0. The van der Waals surface area contributed by atoms with Gasteiger partial charge in [0.15, 0.2) is 0 Å². The molecule has 0 saturated heterocycles. The van der Waals surface area contributed by atoms with E-state index in [4.69, 9.17) is 19.9 Å². The Morgan fingerprint density at radius 1 is 0.559 bits per heavy atom. The molecule has 0 spiro atoms. The van der Waals surface area contributed by atoms with Gasteiger partial charge < -0.3 is 51.5 Å². The number of rotatable bonds is 24. The molecule has 1 aromatic heterocycles. The van der Waals surface area contributed by atoms with Gasteiger partial charge in [-0.2, -0.15) is 12.6 Å². The summed E-state index contributed by atoms with van der Waals surface area (Å²) in [6.07, 6.45) is 0.777. The van der Waals surface area contributed by atoms with Crippen LogP contribution in [0.3, 0.4) is 0 Å². The zero-order valence-corrected chi connectivity index (χ0v) is 38.3. The van der Waals surface area contributed by atoms with E-state index in [2.05, 4.69) is 44.2 Å². The van der Waals surface area contributed by atoms with Crippen LogP contribution >= 0.6 is 12.6 Å². The summed E-state index contributed by atoms with van der Waals surface area (Å²) in [5.41, 5.74) is 10.1. The minimum Gasteiger partial charge on any atom is -0.489 e. The Balaban J connectivity index is 1.23. The van der Waals surface area contributed by atoms with Gasteiger partial charge in [-0.3, -0.25) is 24.0 Å². The molecule has 8 N–H and O–H groups in total. The van der Waals surface area contributed by atoms with Crippen LogP contribution in [-0.4, -0.2) is 83.2 Å². The molecule has 5 atom stereocenters. The molecular weight excluding hydrogens is 887 g/mol. The van der Waals surface area contributed by atoms with E-state index in [9.17, 15) is 28.8 Å². The number of carbonyl (C=O) groups excluding carboxylic acids is 6. The maximum Gasteiger partial charge on any atom is 0.408 e. The predicted octanol–water partition coefficient (Wildman–Crippen LogP) is 4.42. The lowest BCUT2D eigenvalue weighted by atomic mass is 10.0. The van der Waals surface area contributed by atoms with E-state index in [1.807, 2.05) is 91.0 Å². The van der Waals surface area contributed by atoms with Crippen LogP contribution in [0.5, 0.6) is 5.75 Å². The summed E-state index contributed by atoms with van der Waals surface area (Å²) < 4.78 is 17.3. The molecule has 0 aliphatic rings. The molecule has 0 bridgehead atoms. The number of primary amides is 1. The largest absolute Gasteiger partial charge is 0.489 e. The molecule has 0 saturated carbocycles. The van der Waals surface area contributed by atoms with Gasteiger partial charge in [0.2, 0.25) is 29.5 Å². The van der Waals surface area contributed by atoms with Crippen LogP contribution in [0.25, 0.3) is 10.9 Å². The van der Waals surface area contributed by atoms with Crippen molar-refractivity contribution in [3.05, 3.63) is 174 Å². The second kappa shape index (κ2) is 25.3. The average Bonchev–Trinajstić information content (AvgIpc) is 3.77. The van der Waals surface area contributed by atoms with Gasteiger partial charge in [-0.25, -0.2) is 4.79 Å². The van der Waals surface area contributed by atoms with Crippen molar-refractivity contribution in [3.63, 3.8) is 0 Å². The number of nitrogens with two attached hydrogens (primary N) is 1. The van der Waals surface area contributed by atoms with Crippen molar-refractivity contribution in [1.82, 2.24) is 31.6 Å². The number of aromatic amines is 1. The Morgan fingerprint density at radius 3 is 1.69 bits per heavy atom. The van der Waals surface area contributed by atoms with Crippen LogP contribution in [-0.2, 0) is 66.1 Å². The molecular formula is C51H55N7O9S. The number of thiol groups is 1. The SMILES string of the molecule is C[C@H](NC(=O)[C@@H](Cc1c[nH]c2ccccc12)NC(=O)[C@@H](COCc1ccccc1)NC(=O)[C@@H](Cc1ccc(OCc2ccccc2)cc1)NC(=O)C(CS)NC(=O)OCc1ccccc1)C(N)=O. The van der Waals surface area contributed by atoms with E-state index in [0.717, 1.165) is 27.6 Å². The summed E-state index contributed by atoms with van der Waals surface area (Å²) in [6.45, 7) is 1.43. The first-order chi connectivity index (χ1) is 32.9. The van der Waals surface area contributed by atoms with Crippen LogP contribution in [0.15, 0.2) is 146 Å². The van der Waals surface area contributed by atoms with Crippen LogP contribution < -0.4 is 37.1 Å². The van der Waals surface area contributed by atoms with E-state index >= 15 is 0 Å². The second-order valence-electron chi connectivity index (χ2n) is 15.9. The quantitative estimate of drug-likeness (QED) is 0.0401. The molecule has 16 nitrogen and oxygen atoms in total. The number of fused-ring (bicyclic) bond motifs is 1. The highest BCUT2D eigenvalue weighted by Crippen LogP contribution is 2.20. The number of hydrogen-bond donors (Lipinski definition) is 8. The fraction of sp³-hybridized carbons (Fsp3) is 0.255. The Morgan fingerprint density at radius 2 is 1.07 bits per heavy atom. The van der Waals surface area contributed by atoms with Crippen molar-refractivity contribution in [2.75, 3.05) is 12.4 Å². The molecule has 68 heavy (non-hydrogen) atoms. The highest BCUT2D eigenvalue weighted by Gasteiger charge is 2.33. The molecule has 6 rings (SSSR count). The highest BCUT2D eigenvalue weighted by molar-refractivity contribution is 7.80. The minimum absolute atomic E-state index is 0.00571. The molecule has 0 aliphatic heterocycles. The Kier molecular flexibility index (Phi) is 18.5. The van der Waals surface area contributed by atoms with Crippen LogP contribution in [0.1, 0.15) is 34.7 Å². The topological polar surface area (TPSA) is 232 Å². The van der Waals surface area contributed by atoms with Gasteiger partial charge in [-0.15, -0.1) is 0 Å². The van der Waals surface area contributed by atoms with Gasteiger partial charge in [0.1, 0.15) is 49.2 Å². The summed E-state index contributed by atoms with van der Waals surface area (Å²) in [5, 5.41) is 14.1. The summed E-state index contributed by atoms with van der Waals surface area (Å²) in [7, 11) is 0. The van der Waals surface area contributed by atoms with E-state index in [1.54, 1.807) is 54.7 Å². The molecule has 6 amide bonds. The van der Waals surface area contributed by atoms with Gasteiger partial charge in [-0.1, -0.05) is 121 Å². The van der Waals surface area contributed by atoms with Crippen molar-refractivity contribution in [2.24, 2.45) is 5.73 Å². The van der Waals surface area contributed by atoms with Crippen molar-refractivity contribution in [3.8, 4) is 5.75 Å². The third kappa shape index (κ3) is 15.2. The number of alkyl carbamates (subject to hydrolysis) is 1. The standard InChI is InChI=1S/C51H55N7O9S/c1-33(46(52)59)54-47(60)43(26-38-27-53-41-20-12-11-19-40(38)41)56-49(62)44(31-65-28-35-13-5-2-6-14-35)57-48(61)42(25-34-21-23-39(24-22-34)66-29-36-15-7-3-8-16-36)55-50(63)45(32-68)58-51(64)67-30-37-17-9-4-10-18-37/h2-24,27,33,42-45,53,68H,25-26,28-32H2,1H3,(H2,52,59)(H,54,60)(H,55,63)(H,56,62)(H,57,61)(H,58,64)/t33-,42+,43+,44+,45?/m0/s1. The van der Waals surface area contributed by atoms with Crippen molar-refractivity contribution >= 4 is 59.2 Å². The number of ether oxygens (including phenoxy) is 3. The third-order valence-electron chi connectivity index (χ3n) is 10.8. The van der Waals surface area contributed by atoms with Gasteiger partial charge in [0.25, 0.3) is 0 Å². The Hall–Kier alpha value is -7.63. The molecule has 5 aromatic carbocycles. The number of hydrogen-bond acceptors (Lipinski definition) is 10. The molecule has 354 valence electrons. The zero-order valence-electron chi connectivity index (χ0n) is 37.4. The molecule has 17 heteroatoms. The number of carbonyl (C=O) groups is 6. The Bertz CT molecular complexity index is 2600. The first-order valence-corrected chi connectivity index (χ1v) is 22.6. The normalized spacial score (nSPS) is 13.1. The number of para-hydroxylation sites is 1. The maximum absolute atomic E-state index is 14.5. The summed E-state index contributed by atoms with van der Waals surface area (Å²) >= 11 is 4.31. The molecule has 0 fully saturated rings. The first kappa shape index (κ1) is 49.8. The minimum atomic E-state index is -1.42. The lowest BCUT2D eigenvalue weighted by molar-refractivity contribution is -0.135. The third-order valence-corrected chi connectivity index (χ3v) is 11.2. The predicted molar refractivity (Wildman–Crippen MR) is 259 cm³/mol. The fourth-order valence-corrected chi connectivity index (χ4v) is 7.25. The van der Waals surface area contributed by atoms with Crippen LogP contribution in [0.4, 0.5) is 4.79 Å². The van der Waals surface area contributed by atoms with E-state index < -0.39 is 65.8 Å². The van der Waals surface area contributed by atoms with Gasteiger partial charge >= 0.3 is 6.09 Å². The lowest BCUT2D eigenvalue weighted by Gasteiger charge is -2.27. The summed E-state index contributed by atoms with van der Waals surface area (Å²) in [6, 6.07) is 35.9. The number of amides is 6. The molecule has 1 unspecified atom stereocenters. The van der Waals surface area contributed by atoms with Crippen LogP contribution in [0, 0.1) is 0 Å². The van der Waals surface area contributed by atoms with Crippen molar-refractivity contribution < 1.29 is 43.0 Å². The summed E-state index contributed by atoms with van der Waals surface area (Å²) in [4.78, 5) is 84.7. The maximum atomic E-state index is 14.5.